The molecule has 10 heteroatoms. The number of nitrogens with one attached hydrogen (secondary N) is 3. The third-order valence-electron chi connectivity index (χ3n) is 4.47. The number of anilines is 1. The summed E-state index contributed by atoms with van der Waals surface area (Å²) < 4.78 is 37.8. The predicted molar refractivity (Wildman–Crippen MR) is 133 cm³/mol. The normalized spacial score (nSPS) is 11.0. The monoisotopic (exact) mass is 495 g/mol. The summed E-state index contributed by atoms with van der Waals surface area (Å²) in [6.45, 7) is 1.96. The van der Waals surface area contributed by atoms with Gasteiger partial charge in [-0.3, -0.25) is 25.2 Å². The summed E-state index contributed by atoms with van der Waals surface area (Å²) >= 11 is 0. The average molecular weight is 496 g/mol. The second-order valence-electron chi connectivity index (χ2n) is 7.11. The molecule has 3 aromatic rings. The van der Waals surface area contributed by atoms with Crippen LogP contribution in [-0.4, -0.2) is 33.4 Å². The van der Waals surface area contributed by atoms with Gasteiger partial charge in [0, 0.05) is 11.3 Å². The summed E-state index contributed by atoms with van der Waals surface area (Å²) in [6.07, 6.45) is 1.48. The lowest BCUT2D eigenvalue weighted by molar-refractivity contribution is -0.123. The number of rotatable bonds is 10. The molecule has 3 rings (SSSR count). The molecule has 0 radical (unpaired) electrons. The number of amides is 2. The molecule has 0 heterocycles. The molecule has 0 aliphatic heterocycles. The van der Waals surface area contributed by atoms with Crippen molar-refractivity contribution >= 4 is 33.6 Å². The molecule has 3 aromatic carbocycles. The van der Waals surface area contributed by atoms with Crippen LogP contribution in [0.1, 0.15) is 22.8 Å². The topological polar surface area (TPSA) is 123 Å². The molecule has 0 bridgehead atoms. The standard InChI is InChI=1S/C25H25N3O6S/c1-2-33-22-10-6-7-11-23(22)34-18-24(29)26-27-25(30)20-12-14-21(15-13-20)28-35(31,32)17-16-19-8-4-3-5-9-19/h3-17,28H,2,18H2,1H3,(H,26,29)(H,27,30)/b17-16+. The Morgan fingerprint density at radius 3 is 2.11 bits per heavy atom. The minimum absolute atomic E-state index is 0.218. The largest absolute Gasteiger partial charge is 0.490 e. The second-order valence-corrected chi connectivity index (χ2v) is 8.67. The molecule has 0 unspecified atom stereocenters. The van der Waals surface area contributed by atoms with Crippen molar-refractivity contribution < 1.29 is 27.5 Å². The summed E-state index contributed by atoms with van der Waals surface area (Å²) in [6, 6.07) is 21.7. The highest BCUT2D eigenvalue weighted by Crippen LogP contribution is 2.26. The van der Waals surface area contributed by atoms with Crippen LogP contribution in [0.3, 0.4) is 0 Å². The van der Waals surface area contributed by atoms with Crippen LogP contribution < -0.4 is 25.0 Å². The predicted octanol–water partition coefficient (Wildman–Crippen LogP) is 3.34. The van der Waals surface area contributed by atoms with E-state index in [1.165, 1.54) is 30.3 Å². The number of hydrogen-bond donors (Lipinski definition) is 3. The van der Waals surface area contributed by atoms with Crippen molar-refractivity contribution in [2.75, 3.05) is 17.9 Å². The molecule has 35 heavy (non-hydrogen) atoms. The number of hydrazine groups is 1. The Balaban J connectivity index is 1.48. The summed E-state index contributed by atoms with van der Waals surface area (Å²) in [5.74, 6) is -0.226. The van der Waals surface area contributed by atoms with Crippen molar-refractivity contribution in [1.29, 1.82) is 0 Å². The van der Waals surface area contributed by atoms with Gasteiger partial charge in [-0.2, -0.15) is 0 Å². The van der Waals surface area contributed by atoms with Gasteiger partial charge >= 0.3 is 0 Å². The fraction of sp³-hybridized carbons (Fsp3) is 0.120. The van der Waals surface area contributed by atoms with E-state index in [0.717, 1.165) is 11.0 Å². The zero-order valence-corrected chi connectivity index (χ0v) is 19.7. The molecule has 0 spiro atoms. The first kappa shape index (κ1) is 25.3. The third kappa shape index (κ3) is 8.20. The molecular weight excluding hydrogens is 470 g/mol. The quantitative estimate of drug-likeness (QED) is 0.371. The average Bonchev–Trinajstić information content (AvgIpc) is 2.86. The summed E-state index contributed by atoms with van der Waals surface area (Å²) in [5, 5.41) is 1.06. The Kier molecular flexibility index (Phi) is 8.85. The summed E-state index contributed by atoms with van der Waals surface area (Å²) in [5.41, 5.74) is 5.79. The van der Waals surface area contributed by atoms with E-state index in [4.69, 9.17) is 9.47 Å². The molecule has 0 saturated heterocycles. The van der Waals surface area contributed by atoms with E-state index in [-0.39, 0.29) is 17.9 Å². The van der Waals surface area contributed by atoms with E-state index in [2.05, 4.69) is 15.6 Å². The van der Waals surface area contributed by atoms with E-state index in [1.54, 1.807) is 48.5 Å². The van der Waals surface area contributed by atoms with Gasteiger partial charge in [-0.15, -0.1) is 0 Å². The first-order valence-corrected chi connectivity index (χ1v) is 12.2. The van der Waals surface area contributed by atoms with Crippen molar-refractivity contribution in [3.05, 3.63) is 95.4 Å². The molecule has 3 N–H and O–H groups in total. The molecule has 0 aromatic heterocycles. The van der Waals surface area contributed by atoms with Crippen LogP contribution in [0.5, 0.6) is 11.5 Å². The molecule has 9 nitrogen and oxygen atoms in total. The van der Waals surface area contributed by atoms with E-state index >= 15 is 0 Å². The molecule has 182 valence electrons. The van der Waals surface area contributed by atoms with Crippen molar-refractivity contribution in [3.8, 4) is 11.5 Å². The van der Waals surface area contributed by atoms with Gasteiger partial charge in [-0.1, -0.05) is 42.5 Å². The van der Waals surface area contributed by atoms with Gasteiger partial charge in [0.05, 0.1) is 12.0 Å². The number of benzene rings is 3. The van der Waals surface area contributed by atoms with Gasteiger partial charge in [0.15, 0.2) is 18.1 Å². The van der Waals surface area contributed by atoms with E-state index in [1.807, 2.05) is 13.0 Å². The van der Waals surface area contributed by atoms with Crippen LogP contribution in [0.25, 0.3) is 6.08 Å². The Bertz CT molecular complexity index is 1280. The van der Waals surface area contributed by atoms with Gasteiger partial charge in [-0.25, -0.2) is 8.42 Å². The molecule has 0 atom stereocenters. The molecule has 0 fully saturated rings. The minimum atomic E-state index is -3.73. The first-order valence-electron chi connectivity index (χ1n) is 10.7. The lowest BCUT2D eigenvalue weighted by Crippen LogP contribution is -2.43. The Labute approximate surface area is 203 Å². The maximum absolute atomic E-state index is 12.3. The highest BCUT2D eigenvalue weighted by Gasteiger charge is 2.11. The molecule has 0 saturated carbocycles. The van der Waals surface area contributed by atoms with E-state index < -0.39 is 21.8 Å². The van der Waals surface area contributed by atoms with Crippen LogP contribution in [-0.2, 0) is 14.8 Å². The maximum Gasteiger partial charge on any atom is 0.276 e. The number of hydrogen-bond acceptors (Lipinski definition) is 6. The molecular formula is C25H25N3O6S. The summed E-state index contributed by atoms with van der Waals surface area (Å²) in [4.78, 5) is 24.3. The lowest BCUT2D eigenvalue weighted by atomic mass is 10.2. The van der Waals surface area contributed by atoms with Crippen LogP contribution in [0.2, 0.25) is 0 Å². The fourth-order valence-electron chi connectivity index (χ4n) is 2.84. The number of carbonyl (C=O) groups is 2. The van der Waals surface area contributed by atoms with Gasteiger partial charge in [0.1, 0.15) is 0 Å². The minimum Gasteiger partial charge on any atom is -0.490 e. The number of para-hydroxylation sites is 2. The SMILES string of the molecule is CCOc1ccccc1OCC(=O)NNC(=O)c1ccc(NS(=O)(=O)/C=C/c2ccccc2)cc1. The maximum atomic E-state index is 12.3. The van der Waals surface area contributed by atoms with Gasteiger partial charge in [-0.05, 0) is 55.0 Å². The van der Waals surface area contributed by atoms with Crippen LogP contribution in [0, 0.1) is 0 Å². The Morgan fingerprint density at radius 1 is 0.829 bits per heavy atom. The van der Waals surface area contributed by atoms with E-state index in [9.17, 15) is 18.0 Å². The zero-order chi connectivity index (χ0) is 25.1. The highest BCUT2D eigenvalue weighted by molar-refractivity contribution is 7.95. The molecule has 2 amide bonds. The van der Waals surface area contributed by atoms with Gasteiger partial charge in [0.25, 0.3) is 21.8 Å². The van der Waals surface area contributed by atoms with Crippen molar-refractivity contribution in [3.63, 3.8) is 0 Å². The van der Waals surface area contributed by atoms with Crippen LogP contribution >= 0.6 is 0 Å². The van der Waals surface area contributed by atoms with E-state index in [0.29, 0.717) is 18.1 Å². The smallest absolute Gasteiger partial charge is 0.276 e. The number of carbonyl (C=O) groups excluding carboxylic acids is 2. The fourth-order valence-corrected chi connectivity index (χ4v) is 3.71. The van der Waals surface area contributed by atoms with Crippen molar-refractivity contribution in [2.24, 2.45) is 0 Å². The van der Waals surface area contributed by atoms with Gasteiger partial charge < -0.3 is 9.47 Å². The second kappa shape index (κ2) is 12.2. The van der Waals surface area contributed by atoms with Crippen molar-refractivity contribution in [2.45, 2.75) is 6.92 Å². The first-order chi connectivity index (χ1) is 16.9. The highest BCUT2D eigenvalue weighted by atomic mass is 32.2. The Morgan fingerprint density at radius 2 is 1.46 bits per heavy atom. The van der Waals surface area contributed by atoms with Crippen LogP contribution in [0.15, 0.2) is 84.3 Å². The van der Waals surface area contributed by atoms with Gasteiger partial charge in [0.2, 0.25) is 0 Å². The van der Waals surface area contributed by atoms with Crippen LogP contribution in [0.4, 0.5) is 5.69 Å². The zero-order valence-electron chi connectivity index (χ0n) is 18.9. The Hall–Kier alpha value is -4.31. The molecule has 0 aliphatic carbocycles. The third-order valence-corrected chi connectivity index (χ3v) is 5.48. The number of sulfonamides is 1. The lowest BCUT2D eigenvalue weighted by Gasteiger charge is -2.12. The number of ether oxygens (including phenoxy) is 2. The van der Waals surface area contributed by atoms with Crippen molar-refractivity contribution in [1.82, 2.24) is 10.9 Å². The summed E-state index contributed by atoms with van der Waals surface area (Å²) in [7, 11) is -3.73. The molecule has 0 aliphatic rings.